The van der Waals surface area contributed by atoms with Crippen molar-refractivity contribution in [3.8, 4) is 0 Å². The first kappa shape index (κ1) is 23.6. The van der Waals surface area contributed by atoms with E-state index in [9.17, 15) is 18.7 Å². The number of fused-ring (bicyclic) bond motifs is 1. The largest absolute Gasteiger partial charge is 0.396 e. The number of aromatic nitrogens is 5. The standard InChI is InChI=1S/C23H29F2N7O3/c1-14-11-30(8-9-35-14)19-6-7-31-22(28-19)17(10-26-31)23(34)27-18-12-32(29-20(18)21(24)25)16-4-2-15(13-33)3-5-16/h6-7,10,12,14-16,21,33H,2-5,8-9,11,13H2,1H3,(H,27,34)/t14-,15-,16-/m0/s1. The van der Waals surface area contributed by atoms with Crippen molar-refractivity contribution < 1.29 is 23.4 Å². The first-order valence-electron chi connectivity index (χ1n) is 11.9. The molecule has 1 aliphatic carbocycles. The molecule has 3 aromatic heterocycles. The summed E-state index contributed by atoms with van der Waals surface area (Å²) < 4.78 is 36.1. The molecule has 2 fully saturated rings. The quantitative estimate of drug-likeness (QED) is 0.548. The van der Waals surface area contributed by atoms with E-state index in [1.54, 1.807) is 6.20 Å². The highest BCUT2D eigenvalue weighted by Crippen LogP contribution is 2.34. The molecule has 0 radical (unpaired) electrons. The topological polar surface area (TPSA) is 110 Å². The van der Waals surface area contributed by atoms with Crippen molar-refractivity contribution in [2.75, 3.05) is 36.5 Å². The fourth-order valence-corrected chi connectivity index (χ4v) is 4.85. The van der Waals surface area contributed by atoms with E-state index in [-0.39, 0.29) is 35.9 Å². The van der Waals surface area contributed by atoms with Crippen LogP contribution in [0.25, 0.3) is 5.65 Å². The van der Waals surface area contributed by atoms with Gasteiger partial charge in [0.15, 0.2) is 11.3 Å². The van der Waals surface area contributed by atoms with E-state index in [1.807, 2.05) is 13.0 Å². The number of rotatable bonds is 6. The Morgan fingerprint density at radius 1 is 1.31 bits per heavy atom. The number of aliphatic hydroxyl groups excluding tert-OH is 1. The van der Waals surface area contributed by atoms with Gasteiger partial charge in [-0.15, -0.1) is 0 Å². The molecule has 35 heavy (non-hydrogen) atoms. The van der Waals surface area contributed by atoms with E-state index in [0.717, 1.165) is 25.7 Å². The van der Waals surface area contributed by atoms with Crippen LogP contribution in [0.15, 0.2) is 24.7 Å². The molecule has 0 bridgehead atoms. The van der Waals surface area contributed by atoms with E-state index in [2.05, 4.69) is 25.4 Å². The van der Waals surface area contributed by atoms with Crippen LogP contribution in [0.2, 0.25) is 0 Å². The van der Waals surface area contributed by atoms with Crippen molar-refractivity contribution in [3.05, 3.63) is 35.9 Å². The first-order chi connectivity index (χ1) is 16.9. The minimum Gasteiger partial charge on any atom is -0.396 e. The van der Waals surface area contributed by atoms with Crippen LogP contribution in [-0.2, 0) is 4.74 Å². The Balaban J connectivity index is 1.38. The van der Waals surface area contributed by atoms with Gasteiger partial charge in [0.2, 0.25) is 0 Å². The SMILES string of the molecule is C[C@H]1CN(c2ccn3ncc(C(=O)Nc4cn([C@H]5CC[C@H](CO)CC5)nc4C(F)F)c3n2)CCO1. The Bertz CT molecular complexity index is 1190. The van der Waals surface area contributed by atoms with Crippen LogP contribution in [-0.4, -0.2) is 67.8 Å². The lowest BCUT2D eigenvalue weighted by molar-refractivity contribution is 0.0529. The molecule has 1 saturated carbocycles. The second kappa shape index (κ2) is 9.86. The van der Waals surface area contributed by atoms with E-state index >= 15 is 0 Å². The normalized spacial score (nSPS) is 23.2. The van der Waals surface area contributed by atoms with Crippen LogP contribution >= 0.6 is 0 Å². The number of ether oxygens (including phenoxy) is 1. The van der Waals surface area contributed by atoms with Crippen molar-refractivity contribution in [1.82, 2.24) is 24.4 Å². The van der Waals surface area contributed by atoms with E-state index in [4.69, 9.17) is 4.74 Å². The van der Waals surface area contributed by atoms with Gasteiger partial charge in [-0.2, -0.15) is 10.2 Å². The summed E-state index contributed by atoms with van der Waals surface area (Å²) in [6, 6.07) is 1.78. The smallest absolute Gasteiger partial charge is 0.284 e. The lowest BCUT2D eigenvalue weighted by Gasteiger charge is -2.31. The van der Waals surface area contributed by atoms with Gasteiger partial charge < -0.3 is 20.1 Å². The Morgan fingerprint density at radius 2 is 2.11 bits per heavy atom. The van der Waals surface area contributed by atoms with Crippen molar-refractivity contribution >= 4 is 23.1 Å². The molecule has 4 heterocycles. The minimum atomic E-state index is -2.84. The first-order valence-corrected chi connectivity index (χ1v) is 11.9. The van der Waals surface area contributed by atoms with Crippen LogP contribution < -0.4 is 10.2 Å². The lowest BCUT2D eigenvalue weighted by Crippen LogP contribution is -2.41. The number of hydrogen-bond acceptors (Lipinski definition) is 7. The summed E-state index contributed by atoms with van der Waals surface area (Å²) in [5.74, 6) is 0.358. The summed E-state index contributed by atoms with van der Waals surface area (Å²) in [4.78, 5) is 19.8. The highest BCUT2D eigenvalue weighted by atomic mass is 19.3. The number of aliphatic hydroxyl groups is 1. The molecule has 188 valence electrons. The molecule has 0 aromatic carbocycles. The summed E-state index contributed by atoms with van der Waals surface area (Å²) in [6.45, 7) is 4.07. The number of nitrogens with one attached hydrogen (secondary N) is 1. The number of nitrogens with zero attached hydrogens (tertiary/aromatic N) is 6. The Hall–Kier alpha value is -3.12. The maximum absolute atomic E-state index is 13.8. The van der Waals surface area contributed by atoms with Gasteiger partial charge in [0.05, 0.1) is 30.6 Å². The maximum atomic E-state index is 13.8. The van der Waals surface area contributed by atoms with Gasteiger partial charge in [-0.3, -0.25) is 9.48 Å². The molecule has 12 heteroatoms. The second-order valence-corrected chi connectivity index (χ2v) is 9.26. The molecular formula is C23H29F2N7O3. The molecule has 1 saturated heterocycles. The number of carbonyl (C=O) groups is 1. The van der Waals surface area contributed by atoms with Crippen molar-refractivity contribution in [1.29, 1.82) is 0 Å². The average molecular weight is 490 g/mol. The number of carbonyl (C=O) groups excluding carboxylic acids is 1. The van der Waals surface area contributed by atoms with Gasteiger partial charge in [-0.25, -0.2) is 18.3 Å². The zero-order chi connectivity index (χ0) is 24.5. The third kappa shape index (κ3) is 4.85. The highest BCUT2D eigenvalue weighted by Gasteiger charge is 2.27. The molecule has 5 rings (SSSR count). The monoisotopic (exact) mass is 489 g/mol. The molecule has 2 aliphatic rings. The summed E-state index contributed by atoms with van der Waals surface area (Å²) in [5, 5.41) is 20.2. The Morgan fingerprint density at radius 3 is 2.83 bits per heavy atom. The number of hydrogen-bond donors (Lipinski definition) is 2. The molecule has 0 spiro atoms. The van der Waals surface area contributed by atoms with Gasteiger partial charge in [-0.1, -0.05) is 0 Å². The molecule has 1 aliphatic heterocycles. The number of halogens is 2. The van der Waals surface area contributed by atoms with Crippen LogP contribution in [0.3, 0.4) is 0 Å². The highest BCUT2D eigenvalue weighted by molar-refractivity contribution is 6.08. The Kier molecular flexibility index (Phi) is 6.65. The Labute approximate surface area is 200 Å². The van der Waals surface area contributed by atoms with E-state index in [0.29, 0.717) is 31.2 Å². The number of alkyl halides is 2. The molecule has 2 N–H and O–H groups in total. The van der Waals surface area contributed by atoms with Crippen LogP contribution in [0.4, 0.5) is 20.3 Å². The molecule has 1 atom stereocenters. The van der Waals surface area contributed by atoms with Crippen molar-refractivity contribution in [3.63, 3.8) is 0 Å². The average Bonchev–Trinajstić information content (AvgIpc) is 3.48. The molecule has 0 unspecified atom stereocenters. The summed E-state index contributed by atoms with van der Waals surface area (Å²) in [7, 11) is 0. The van der Waals surface area contributed by atoms with Crippen LogP contribution in [0.5, 0.6) is 0 Å². The summed E-state index contributed by atoms with van der Waals surface area (Å²) >= 11 is 0. The summed E-state index contributed by atoms with van der Waals surface area (Å²) in [6.07, 6.45) is 4.91. The third-order valence-electron chi connectivity index (χ3n) is 6.83. The van der Waals surface area contributed by atoms with E-state index in [1.165, 1.54) is 21.6 Å². The predicted octanol–water partition coefficient (Wildman–Crippen LogP) is 3.06. The van der Waals surface area contributed by atoms with Gasteiger partial charge in [-0.05, 0) is 44.6 Å². The number of amides is 1. The third-order valence-corrected chi connectivity index (χ3v) is 6.83. The number of morpholine rings is 1. The minimum absolute atomic E-state index is 0.0215. The number of anilines is 2. The zero-order valence-corrected chi connectivity index (χ0v) is 19.5. The van der Waals surface area contributed by atoms with Gasteiger partial charge in [0.25, 0.3) is 12.3 Å². The van der Waals surface area contributed by atoms with Crippen molar-refractivity contribution in [2.24, 2.45) is 5.92 Å². The molecule has 1 amide bonds. The van der Waals surface area contributed by atoms with Crippen molar-refractivity contribution in [2.45, 2.75) is 51.2 Å². The van der Waals surface area contributed by atoms with Gasteiger partial charge in [0, 0.05) is 32.1 Å². The maximum Gasteiger partial charge on any atom is 0.284 e. The molecule has 3 aromatic rings. The van der Waals surface area contributed by atoms with Crippen LogP contribution in [0.1, 0.15) is 61.1 Å². The predicted molar refractivity (Wildman–Crippen MR) is 124 cm³/mol. The fourth-order valence-electron chi connectivity index (χ4n) is 4.85. The molecular weight excluding hydrogens is 460 g/mol. The zero-order valence-electron chi connectivity index (χ0n) is 19.5. The lowest BCUT2D eigenvalue weighted by atomic mass is 9.87. The van der Waals surface area contributed by atoms with Crippen LogP contribution in [0, 0.1) is 5.92 Å². The van der Waals surface area contributed by atoms with E-state index < -0.39 is 18.0 Å². The second-order valence-electron chi connectivity index (χ2n) is 9.26. The summed E-state index contributed by atoms with van der Waals surface area (Å²) in [5.41, 5.74) is 0.0406. The molecule has 10 nitrogen and oxygen atoms in total. The van der Waals surface area contributed by atoms with Gasteiger partial charge >= 0.3 is 0 Å². The van der Waals surface area contributed by atoms with Gasteiger partial charge in [0.1, 0.15) is 11.4 Å². The fraction of sp³-hybridized carbons (Fsp3) is 0.565.